The van der Waals surface area contributed by atoms with E-state index in [0.717, 1.165) is 12.8 Å². The van der Waals surface area contributed by atoms with Crippen LogP contribution in [0.5, 0.6) is 0 Å². The van der Waals surface area contributed by atoms with E-state index in [0.29, 0.717) is 24.2 Å². The minimum absolute atomic E-state index is 0.0950. The number of nitrogens with zero attached hydrogens (tertiary/aromatic N) is 1. The molecule has 0 unspecified atom stereocenters. The van der Waals surface area contributed by atoms with Crippen molar-refractivity contribution >= 4 is 29.1 Å². The number of nitro groups is 1. The smallest absolute Gasteiger partial charge is 0.407 e. The van der Waals surface area contributed by atoms with Crippen molar-refractivity contribution in [1.82, 2.24) is 5.32 Å². The van der Waals surface area contributed by atoms with Gasteiger partial charge in [-0.05, 0) is 46.1 Å². The number of alkyl carbamates (subject to hydrolysis) is 1. The molecule has 0 bridgehead atoms. The Kier molecular flexibility index (Phi) is 6.82. The Morgan fingerprint density at radius 3 is 2.54 bits per heavy atom. The van der Waals surface area contributed by atoms with Gasteiger partial charge in [0.05, 0.1) is 16.3 Å². The third kappa shape index (κ3) is 6.11. The molecule has 1 aromatic carbocycles. The molecule has 0 saturated heterocycles. The van der Waals surface area contributed by atoms with E-state index in [-0.39, 0.29) is 23.6 Å². The number of amides is 2. The molecule has 0 radical (unpaired) electrons. The highest BCUT2D eigenvalue weighted by Crippen LogP contribution is 2.30. The molecule has 0 aliphatic heterocycles. The monoisotopic (exact) mass is 392 g/mol. The Morgan fingerprint density at radius 1 is 1.21 bits per heavy atom. The van der Waals surface area contributed by atoms with E-state index in [2.05, 4.69) is 16.0 Å². The number of rotatable bonds is 5. The Labute approximate surface area is 164 Å². The number of non-ortho nitro benzene ring substituents is 1. The molecule has 2 rings (SSSR count). The number of nitro benzene ring substituents is 1. The number of carbonyl (C=O) groups excluding carboxylic acids is 2. The zero-order chi connectivity index (χ0) is 20.9. The van der Waals surface area contributed by atoms with Gasteiger partial charge >= 0.3 is 6.09 Å². The lowest BCUT2D eigenvalue weighted by Gasteiger charge is -2.30. The molecule has 0 spiro atoms. The maximum atomic E-state index is 12.7. The zero-order valence-electron chi connectivity index (χ0n) is 16.7. The SMILES string of the molecule is CNc1ccc([N+](=O)[O-])cc1NC(=O)[C@@H]1CCC[C@H](NC(=O)OC(C)(C)C)C1. The van der Waals surface area contributed by atoms with Crippen LogP contribution in [0.25, 0.3) is 0 Å². The molecule has 9 heteroatoms. The number of carbonyl (C=O) groups is 2. The molecule has 28 heavy (non-hydrogen) atoms. The van der Waals surface area contributed by atoms with Crippen LogP contribution in [0.4, 0.5) is 21.9 Å². The Balaban J connectivity index is 2.01. The molecular weight excluding hydrogens is 364 g/mol. The first kappa shape index (κ1) is 21.5. The summed E-state index contributed by atoms with van der Waals surface area (Å²) in [6.45, 7) is 5.38. The summed E-state index contributed by atoms with van der Waals surface area (Å²) in [5.74, 6) is -0.509. The quantitative estimate of drug-likeness (QED) is 0.519. The van der Waals surface area contributed by atoms with Gasteiger partial charge in [-0.2, -0.15) is 0 Å². The maximum absolute atomic E-state index is 12.7. The fourth-order valence-corrected chi connectivity index (χ4v) is 3.24. The van der Waals surface area contributed by atoms with E-state index < -0.39 is 16.6 Å². The molecule has 2 amide bonds. The van der Waals surface area contributed by atoms with Gasteiger partial charge in [0.2, 0.25) is 5.91 Å². The number of benzene rings is 1. The number of anilines is 2. The highest BCUT2D eigenvalue weighted by atomic mass is 16.6. The van der Waals surface area contributed by atoms with E-state index in [4.69, 9.17) is 4.74 Å². The van der Waals surface area contributed by atoms with Crippen molar-refractivity contribution in [1.29, 1.82) is 0 Å². The van der Waals surface area contributed by atoms with Crippen molar-refractivity contribution in [3.05, 3.63) is 28.3 Å². The third-order valence-electron chi connectivity index (χ3n) is 4.51. The minimum Gasteiger partial charge on any atom is -0.444 e. The standard InChI is InChI=1S/C19H28N4O5/c1-19(2,3)28-18(25)21-13-7-5-6-12(10-13)17(24)22-16-11-14(23(26)27)8-9-15(16)20-4/h8-9,11-13,20H,5-7,10H2,1-4H3,(H,21,25)(H,22,24)/t12-,13+/m1/s1. The van der Waals surface area contributed by atoms with Crippen LogP contribution < -0.4 is 16.0 Å². The Bertz CT molecular complexity index is 744. The summed E-state index contributed by atoms with van der Waals surface area (Å²) in [6, 6.07) is 4.13. The summed E-state index contributed by atoms with van der Waals surface area (Å²) in [6.07, 6.45) is 2.28. The fraction of sp³-hybridized carbons (Fsp3) is 0.579. The summed E-state index contributed by atoms with van der Waals surface area (Å²) < 4.78 is 5.27. The fourth-order valence-electron chi connectivity index (χ4n) is 3.24. The van der Waals surface area contributed by atoms with Crippen LogP contribution in [-0.4, -0.2) is 35.6 Å². The van der Waals surface area contributed by atoms with Crippen molar-refractivity contribution in [2.75, 3.05) is 17.7 Å². The lowest BCUT2D eigenvalue weighted by molar-refractivity contribution is -0.384. The van der Waals surface area contributed by atoms with Crippen molar-refractivity contribution in [3.63, 3.8) is 0 Å². The number of hydrogen-bond donors (Lipinski definition) is 3. The predicted molar refractivity (Wildman–Crippen MR) is 106 cm³/mol. The Hall–Kier alpha value is -2.84. The highest BCUT2D eigenvalue weighted by Gasteiger charge is 2.30. The van der Waals surface area contributed by atoms with Crippen molar-refractivity contribution in [2.24, 2.45) is 5.92 Å². The van der Waals surface area contributed by atoms with E-state index in [1.54, 1.807) is 33.9 Å². The van der Waals surface area contributed by atoms with Crippen LogP contribution in [-0.2, 0) is 9.53 Å². The first-order chi connectivity index (χ1) is 13.1. The van der Waals surface area contributed by atoms with Crippen LogP contribution in [0.2, 0.25) is 0 Å². The first-order valence-electron chi connectivity index (χ1n) is 9.35. The molecule has 1 aliphatic rings. The van der Waals surface area contributed by atoms with E-state index >= 15 is 0 Å². The van der Waals surface area contributed by atoms with Gasteiger partial charge in [-0.25, -0.2) is 4.79 Å². The van der Waals surface area contributed by atoms with Crippen LogP contribution in [0.1, 0.15) is 46.5 Å². The normalized spacial score (nSPS) is 19.4. The third-order valence-corrected chi connectivity index (χ3v) is 4.51. The summed E-state index contributed by atoms with van der Waals surface area (Å²) >= 11 is 0. The van der Waals surface area contributed by atoms with Crippen molar-refractivity contribution in [2.45, 2.75) is 58.1 Å². The molecule has 3 N–H and O–H groups in total. The molecule has 1 aromatic rings. The molecule has 1 saturated carbocycles. The molecule has 2 atom stereocenters. The molecule has 1 fully saturated rings. The van der Waals surface area contributed by atoms with E-state index in [1.807, 2.05) is 0 Å². The van der Waals surface area contributed by atoms with Gasteiger partial charge in [-0.3, -0.25) is 14.9 Å². The predicted octanol–water partition coefficient (Wildman–Crippen LogP) is 3.66. The average molecular weight is 392 g/mol. The Morgan fingerprint density at radius 2 is 1.93 bits per heavy atom. The second kappa shape index (κ2) is 8.90. The minimum atomic E-state index is -0.582. The number of nitrogens with one attached hydrogen (secondary N) is 3. The number of hydrogen-bond acceptors (Lipinski definition) is 6. The second-order valence-corrected chi connectivity index (χ2v) is 7.93. The molecule has 0 aromatic heterocycles. The molecule has 154 valence electrons. The van der Waals surface area contributed by atoms with Gasteiger partial charge in [0, 0.05) is 31.1 Å². The van der Waals surface area contributed by atoms with E-state index in [9.17, 15) is 19.7 Å². The summed E-state index contributed by atoms with van der Waals surface area (Å²) in [7, 11) is 1.68. The molecule has 0 heterocycles. The summed E-state index contributed by atoms with van der Waals surface area (Å²) in [5.41, 5.74) is 0.283. The number of ether oxygens (including phenoxy) is 1. The largest absolute Gasteiger partial charge is 0.444 e. The van der Waals surface area contributed by atoms with Gasteiger partial charge < -0.3 is 20.7 Å². The van der Waals surface area contributed by atoms with Gasteiger partial charge in [-0.1, -0.05) is 6.42 Å². The van der Waals surface area contributed by atoms with Crippen LogP contribution in [0.3, 0.4) is 0 Å². The lowest BCUT2D eigenvalue weighted by atomic mass is 9.85. The average Bonchev–Trinajstić information content (AvgIpc) is 2.60. The lowest BCUT2D eigenvalue weighted by Crippen LogP contribution is -2.43. The topological polar surface area (TPSA) is 123 Å². The molecule has 1 aliphatic carbocycles. The van der Waals surface area contributed by atoms with Gasteiger partial charge in [0.15, 0.2) is 0 Å². The van der Waals surface area contributed by atoms with Crippen molar-refractivity contribution in [3.8, 4) is 0 Å². The second-order valence-electron chi connectivity index (χ2n) is 7.93. The first-order valence-corrected chi connectivity index (χ1v) is 9.35. The van der Waals surface area contributed by atoms with E-state index in [1.165, 1.54) is 12.1 Å². The van der Waals surface area contributed by atoms with Gasteiger partial charge in [0.25, 0.3) is 5.69 Å². The van der Waals surface area contributed by atoms with Gasteiger partial charge in [0.1, 0.15) is 5.60 Å². The van der Waals surface area contributed by atoms with Crippen LogP contribution in [0, 0.1) is 16.0 Å². The molecule has 9 nitrogen and oxygen atoms in total. The van der Waals surface area contributed by atoms with Crippen LogP contribution in [0.15, 0.2) is 18.2 Å². The van der Waals surface area contributed by atoms with Gasteiger partial charge in [-0.15, -0.1) is 0 Å². The summed E-state index contributed by atoms with van der Waals surface area (Å²) in [5, 5.41) is 19.5. The zero-order valence-corrected chi connectivity index (χ0v) is 16.7. The summed E-state index contributed by atoms with van der Waals surface area (Å²) in [4.78, 5) is 35.2. The highest BCUT2D eigenvalue weighted by molar-refractivity contribution is 5.96. The molecular formula is C19H28N4O5. The van der Waals surface area contributed by atoms with Crippen LogP contribution >= 0.6 is 0 Å². The van der Waals surface area contributed by atoms with Crippen molar-refractivity contribution < 1.29 is 19.2 Å². The maximum Gasteiger partial charge on any atom is 0.407 e.